The van der Waals surface area contributed by atoms with Gasteiger partial charge in [0.05, 0.1) is 0 Å². The highest BCUT2D eigenvalue weighted by molar-refractivity contribution is 6.30. The number of benzene rings is 1. The first kappa shape index (κ1) is 17.4. The molecule has 0 heterocycles. The molecule has 0 aliphatic carbocycles. The van der Waals surface area contributed by atoms with Crippen LogP contribution in [0, 0.1) is 0 Å². The van der Waals surface area contributed by atoms with Crippen molar-refractivity contribution in [2.75, 3.05) is 33.8 Å². The maximum atomic E-state index is 8.75. The summed E-state index contributed by atoms with van der Waals surface area (Å²) in [6.45, 7) is 2.46. The van der Waals surface area contributed by atoms with Crippen LogP contribution in [0.2, 0.25) is 5.02 Å². The monoisotopic (exact) mass is 298 g/mol. The minimum atomic E-state index is 0.308. The summed E-state index contributed by atoms with van der Waals surface area (Å²) in [5.41, 5.74) is 1.28. The number of rotatable bonds is 10. The SMILES string of the molecule is CNC(CCN(C)CCCCCO)c1ccc(Cl)cc1. The minimum Gasteiger partial charge on any atom is -0.396 e. The van der Waals surface area contributed by atoms with Crippen molar-refractivity contribution >= 4 is 11.6 Å². The van der Waals surface area contributed by atoms with Crippen LogP contribution in [-0.4, -0.2) is 43.8 Å². The first-order valence-corrected chi connectivity index (χ1v) is 7.77. The lowest BCUT2D eigenvalue weighted by Gasteiger charge is -2.22. The molecule has 0 amide bonds. The van der Waals surface area contributed by atoms with Crippen LogP contribution in [-0.2, 0) is 0 Å². The van der Waals surface area contributed by atoms with Crippen LogP contribution in [0.15, 0.2) is 24.3 Å². The zero-order chi connectivity index (χ0) is 14.8. The fourth-order valence-corrected chi connectivity index (χ4v) is 2.43. The Morgan fingerprint density at radius 1 is 1.15 bits per heavy atom. The fourth-order valence-electron chi connectivity index (χ4n) is 2.30. The number of hydrogen-bond acceptors (Lipinski definition) is 3. The van der Waals surface area contributed by atoms with Crippen LogP contribution < -0.4 is 5.32 Å². The van der Waals surface area contributed by atoms with E-state index in [4.69, 9.17) is 16.7 Å². The third-order valence-electron chi connectivity index (χ3n) is 3.62. The molecule has 0 aromatic heterocycles. The van der Waals surface area contributed by atoms with Crippen LogP contribution in [0.1, 0.15) is 37.3 Å². The highest BCUT2D eigenvalue weighted by Crippen LogP contribution is 2.19. The molecule has 1 unspecified atom stereocenters. The van der Waals surface area contributed by atoms with Gasteiger partial charge in [0.25, 0.3) is 0 Å². The zero-order valence-corrected chi connectivity index (χ0v) is 13.4. The number of aliphatic hydroxyl groups excluding tert-OH is 1. The van der Waals surface area contributed by atoms with E-state index in [0.717, 1.165) is 43.8 Å². The highest BCUT2D eigenvalue weighted by Gasteiger charge is 2.10. The van der Waals surface area contributed by atoms with E-state index in [1.807, 2.05) is 19.2 Å². The molecule has 0 radical (unpaired) electrons. The molecule has 0 bridgehead atoms. The normalized spacial score (nSPS) is 12.8. The first-order chi connectivity index (χ1) is 9.67. The van der Waals surface area contributed by atoms with Crippen LogP contribution in [0.25, 0.3) is 0 Å². The van der Waals surface area contributed by atoms with Crippen molar-refractivity contribution in [1.29, 1.82) is 0 Å². The fraction of sp³-hybridized carbons (Fsp3) is 0.625. The molecule has 1 atom stereocenters. The lowest BCUT2D eigenvalue weighted by atomic mass is 10.0. The van der Waals surface area contributed by atoms with Gasteiger partial charge in [0.2, 0.25) is 0 Å². The molecule has 0 fully saturated rings. The van der Waals surface area contributed by atoms with Gasteiger partial charge >= 0.3 is 0 Å². The summed E-state index contributed by atoms with van der Waals surface area (Å²) >= 11 is 5.92. The van der Waals surface area contributed by atoms with Crippen molar-refractivity contribution < 1.29 is 5.11 Å². The molecule has 0 saturated heterocycles. The van der Waals surface area contributed by atoms with Gasteiger partial charge in [-0.2, -0.15) is 0 Å². The Kier molecular flexibility index (Phi) is 8.86. The summed E-state index contributed by atoms with van der Waals surface area (Å²) < 4.78 is 0. The highest BCUT2D eigenvalue weighted by atomic mass is 35.5. The third-order valence-corrected chi connectivity index (χ3v) is 3.87. The molecular weight excluding hydrogens is 272 g/mol. The van der Waals surface area contributed by atoms with Gasteiger partial charge in [0, 0.05) is 17.7 Å². The second kappa shape index (κ2) is 10.2. The maximum Gasteiger partial charge on any atom is 0.0431 e. The molecule has 20 heavy (non-hydrogen) atoms. The maximum absolute atomic E-state index is 8.75. The van der Waals surface area contributed by atoms with E-state index in [-0.39, 0.29) is 0 Å². The first-order valence-electron chi connectivity index (χ1n) is 7.39. The molecule has 2 N–H and O–H groups in total. The van der Waals surface area contributed by atoms with Crippen molar-refractivity contribution in [2.45, 2.75) is 31.7 Å². The Bertz CT molecular complexity index is 356. The lowest BCUT2D eigenvalue weighted by Crippen LogP contribution is -2.26. The van der Waals surface area contributed by atoms with Crippen molar-refractivity contribution in [3.63, 3.8) is 0 Å². The Morgan fingerprint density at radius 3 is 2.45 bits per heavy atom. The van der Waals surface area contributed by atoms with Crippen LogP contribution in [0.4, 0.5) is 0 Å². The zero-order valence-electron chi connectivity index (χ0n) is 12.6. The van der Waals surface area contributed by atoms with E-state index in [9.17, 15) is 0 Å². The predicted molar refractivity (Wildman–Crippen MR) is 86.3 cm³/mol. The van der Waals surface area contributed by atoms with Gasteiger partial charge < -0.3 is 15.3 Å². The second-order valence-electron chi connectivity index (χ2n) is 5.27. The molecule has 0 aliphatic heterocycles. The topological polar surface area (TPSA) is 35.5 Å². The molecule has 0 aliphatic rings. The predicted octanol–water partition coefficient (Wildman–Crippen LogP) is 3.09. The van der Waals surface area contributed by atoms with E-state index < -0.39 is 0 Å². The largest absolute Gasteiger partial charge is 0.396 e. The van der Waals surface area contributed by atoms with Gasteiger partial charge in [0.1, 0.15) is 0 Å². The molecular formula is C16H27ClN2O. The number of hydrogen-bond donors (Lipinski definition) is 2. The van der Waals surface area contributed by atoms with Crippen LogP contribution in [0.5, 0.6) is 0 Å². The Hall–Kier alpha value is -0.610. The lowest BCUT2D eigenvalue weighted by molar-refractivity contribution is 0.269. The van der Waals surface area contributed by atoms with Gasteiger partial charge in [-0.15, -0.1) is 0 Å². The Morgan fingerprint density at radius 2 is 1.85 bits per heavy atom. The van der Waals surface area contributed by atoms with Gasteiger partial charge in [-0.05, 0) is 70.6 Å². The molecule has 3 nitrogen and oxygen atoms in total. The Balaban J connectivity index is 2.32. The second-order valence-corrected chi connectivity index (χ2v) is 5.71. The number of unbranched alkanes of at least 4 members (excludes halogenated alkanes) is 2. The average molecular weight is 299 g/mol. The van der Waals surface area contributed by atoms with Gasteiger partial charge in [0.15, 0.2) is 0 Å². The average Bonchev–Trinajstić information content (AvgIpc) is 2.46. The molecule has 1 aromatic rings. The smallest absolute Gasteiger partial charge is 0.0431 e. The summed E-state index contributed by atoms with van der Waals surface area (Å²) in [5, 5.41) is 12.9. The summed E-state index contributed by atoms with van der Waals surface area (Å²) in [5.74, 6) is 0. The van der Waals surface area contributed by atoms with E-state index in [2.05, 4.69) is 29.4 Å². The summed E-state index contributed by atoms with van der Waals surface area (Å²) in [6, 6.07) is 8.43. The van der Waals surface area contributed by atoms with Gasteiger partial charge in [-0.25, -0.2) is 0 Å². The van der Waals surface area contributed by atoms with Gasteiger partial charge in [-0.3, -0.25) is 0 Å². The van der Waals surface area contributed by atoms with Crippen molar-refractivity contribution in [1.82, 2.24) is 10.2 Å². The van der Waals surface area contributed by atoms with Gasteiger partial charge in [-0.1, -0.05) is 23.7 Å². The van der Waals surface area contributed by atoms with E-state index >= 15 is 0 Å². The molecule has 0 saturated carbocycles. The van der Waals surface area contributed by atoms with E-state index in [1.165, 1.54) is 5.56 Å². The molecule has 4 heteroatoms. The van der Waals surface area contributed by atoms with Crippen molar-refractivity contribution in [3.8, 4) is 0 Å². The molecule has 1 rings (SSSR count). The van der Waals surface area contributed by atoms with Crippen LogP contribution in [0.3, 0.4) is 0 Å². The Labute approximate surface area is 127 Å². The van der Waals surface area contributed by atoms with Crippen molar-refractivity contribution in [3.05, 3.63) is 34.9 Å². The quantitative estimate of drug-likeness (QED) is 0.652. The molecule has 1 aromatic carbocycles. The number of nitrogens with one attached hydrogen (secondary N) is 1. The number of aliphatic hydroxyl groups is 1. The third kappa shape index (κ3) is 6.71. The molecule has 114 valence electrons. The number of nitrogens with zero attached hydrogens (tertiary/aromatic N) is 1. The van der Waals surface area contributed by atoms with E-state index in [0.29, 0.717) is 12.6 Å². The molecule has 0 spiro atoms. The minimum absolute atomic E-state index is 0.308. The van der Waals surface area contributed by atoms with Crippen LogP contribution >= 0.6 is 11.6 Å². The standard InChI is InChI=1S/C16H27ClN2O/c1-18-16(14-6-8-15(17)9-7-14)10-12-19(2)11-4-3-5-13-20/h6-9,16,18,20H,3-5,10-13H2,1-2H3. The summed E-state index contributed by atoms with van der Waals surface area (Å²) in [6.07, 6.45) is 4.25. The van der Waals surface area contributed by atoms with Crippen molar-refractivity contribution in [2.24, 2.45) is 0 Å². The van der Waals surface area contributed by atoms with E-state index in [1.54, 1.807) is 0 Å². The number of halogens is 1. The summed E-state index contributed by atoms with van der Waals surface area (Å²) in [7, 11) is 4.16. The summed E-state index contributed by atoms with van der Waals surface area (Å²) in [4.78, 5) is 2.36.